The Morgan fingerprint density at radius 2 is 1.80 bits per heavy atom. The van der Waals surface area contributed by atoms with Crippen LogP contribution in [0.25, 0.3) is 0 Å². The van der Waals surface area contributed by atoms with E-state index in [0.717, 1.165) is 11.1 Å². The molecular weight excluding hydrogens is 582 g/mol. The van der Waals surface area contributed by atoms with E-state index in [2.05, 4.69) is 4.90 Å². The van der Waals surface area contributed by atoms with Gasteiger partial charge in [0.2, 0.25) is 6.10 Å². The maximum atomic E-state index is 13.9. The first-order valence-corrected chi connectivity index (χ1v) is 15.2. The van der Waals surface area contributed by atoms with Crippen LogP contribution in [-0.4, -0.2) is 78.3 Å². The lowest BCUT2D eigenvalue weighted by Gasteiger charge is -2.61. The van der Waals surface area contributed by atoms with Crippen LogP contribution in [0, 0.1) is 0 Å². The number of ether oxygens (including phenoxy) is 6. The molecule has 2 aliphatic heterocycles. The highest BCUT2D eigenvalue weighted by Gasteiger charge is 2.72. The number of carbonyl (C=O) groups is 3. The van der Waals surface area contributed by atoms with Crippen molar-refractivity contribution in [3.8, 4) is 11.5 Å². The van der Waals surface area contributed by atoms with E-state index in [0.29, 0.717) is 36.4 Å². The lowest BCUT2D eigenvalue weighted by molar-refractivity contribution is -0.179. The zero-order valence-electron chi connectivity index (χ0n) is 26.3. The van der Waals surface area contributed by atoms with Crippen molar-refractivity contribution < 1.29 is 47.9 Å². The van der Waals surface area contributed by atoms with Gasteiger partial charge in [-0.05, 0) is 71.8 Å². The molecule has 4 aliphatic rings. The van der Waals surface area contributed by atoms with Crippen molar-refractivity contribution in [1.82, 2.24) is 4.90 Å². The molecule has 1 spiro atoms. The van der Waals surface area contributed by atoms with Crippen LogP contribution in [-0.2, 0) is 40.4 Å². The van der Waals surface area contributed by atoms with Crippen molar-refractivity contribution >= 4 is 18.1 Å². The average Bonchev–Trinajstić information content (AvgIpc) is 3.34. The zero-order chi connectivity index (χ0) is 32.3. The number of nitrogens with zero attached hydrogens (tertiary/aromatic N) is 1. The van der Waals surface area contributed by atoms with Crippen molar-refractivity contribution in [1.29, 1.82) is 0 Å². The normalized spacial score (nSPS) is 27.6. The first kappa shape index (κ1) is 30.9. The Kier molecular flexibility index (Phi) is 7.60. The van der Waals surface area contributed by atoms with Crippen molar-refractivity contribution in [3.63, 3.8) is 0 Å². The molecule has 0 amide bonds. The molecule has 0 aromatic heterocycles. The van der Waals surface area contributed by atoms with E-state index in [4.69, 9.17) is 28.4 Å². The summed E-state index contributed by atoms with van der Waals surface area (Å²) in [5.41, 5.74) is -0.541. The van der Waals surface area contributed by atoms with Crippen LogP contribution in [0.5, 0.6) is 11.5 Å². The molecule has 6 atom stereocenters. The molecule has 2 bridgehead atoms. The molecule has 45 heavy (non-hydrogen) atoms. The number of hydrogen-bond donors (Lipinski definition) is 1. The predicted octanol–water partition coefficient (Wildman–Crippen LogP) is 4.14. The molecule has 2 aromatic carbocycles. The largest absolute Gasteiger partial charge is 0.509 e. The molecule has 1 N–H and O–H groups in total. The Balaban J connectivity index is 1.30. The smallest absolute Gasteiger partial charge is 0.493 e. The van der Waals surface area contributed by atoms with E-state index in [1.54, 1.807) is 64.3 Å². The lowest BCUT2D eigenvalue weighted by atomic mass is 9.50. The van der Waals surface area contributed by atoms with Crippen LogP contribution >= 0.6 is 0 Å². The maximum absolute atomic E-state index is 13.9. The third kappa shape index (κ3) is 5.02. The summed E-state index contributed by atoms with van der Waals surface area (Å²) in [5, 5.41) is 12.4. The standard InChI is InChI=1S/C34H39NO10/c1-19(41-31(38)45-32(2,3)4)29(36)44-26(20-10-8-7-9-11-20)30(37)42-23-14-15-34(39)24-18-21-12-13-22(40-6)27-25(21)33(34,28(23)43-27)16-17-35(24)5/h7-14,19,24,26,28,39H,15-18H2,1-6H3/t19?,24-,26-,28-,33-,34+/m0/s1. The van der Waals surface area contributed by atoms with Crippen LogP contribution in [0.2, 0.25) is 0 Å². The van der Waals surface area contributed by atoms with Crippen LogP contribution in [0.3, 0.4) is 0 Å². The first-order valence-electron chi connectivity index (χ1n) is 15.2. The number of aliphatic hydroxyl groups is 1. The number of rotatable bonds is 7. The van der Waals surface area contributed by atoms with Crippen molar-refractivity contribution in [2.45, 2.75) is 87.9 Å². The molecule has 240 valence electrons. The van der Waals surface area contributed by atoms with E-state index < -0.39 is 53.0 Å². The number of carbonyl (C=O) groups excluding carboxylic acids is 3. The molecule has 11 nitrogen and oxygen atoms in total. The monoisotopic (exact) mass is 621 g/mol. The lowest BCUT2D eigenvalue weighted by Crippen LogP contribution is -2.74. The molecule has 2 heterocycles. The van der Waals surface area contributed by atoms with Crippen LogP contribution < -0.4 is 9.47 Å². The summed E-state index contributed by atoms with van der Waals surface area (Å²) in [6.07, 6.45) is -1.54. The Hall–Kier alpha value is -4.09. The highest BCUT2D eigenvalue weighted by molar-refractivity contribution is 5.84. The van der Waals surface area contributed by atoms with E-state index in [-0.39, 0.29) is 18.2 Å². The summed E-state index contributed by atoms with van der Waals surface area (Å²) < 4.78 is 34.1. The number of esters is 2. The number of benzene rings is 2. The zero-order valence-corrected chi connectivity index (χ0v) is 26.3. The Bertz CT molecular complexity index is 1550. The van der Waals surface area contributed by atoms with E-state index in [1.165, 1.54) is 6.92 Å². The predicted molar refractivity (Wildman–Crippen MR) is 160 cm³/mol. The van der Waals surface area contributed by atoms with Gasteiger partial charge in [-0.25, -0.2) is 14.4 Å². The van der Waals surface area contributed by atoms with Gasteiger partial charge < -0.3 is 38.4 Å². The third-order valence-electron chi connectivity index (χ3n) is 9.32. The summed E-state index contributed by atoms with van der Waals surface area (Å²) in [7, 11) is 3.58. The minimum absolute atomic E-state index is 0.165. The second-order valence-corrected chi connectivity index (χ2v) is 13.2. The van der Waals surface area contributed by atoms with Gasteiger partial charge in [0.15, 0.2) is 23.7 Å². The van der Waals surface area contributed by atoms with Crippen LogP contribution in [0.4, 0.5) is 4.79 Å². The topological polar surface area (TPSA) is 130 Å². The van der Waals surface area contributed by atoms with Crippen molar-refractivity contribution in [3.05, 3.63) is 71.0 Å². The molecule has 11 heteroatoms. The Labute approximate surface area is 262 Å². The van der Waals surface area contributed by atoms with Crippen molar-refractivity contribution in [2.75, 3.05) is 20.7 Å². The summed E-state index contributed by atoms with van der Waals surface area (Å²) >= 11 is 0. The Morgan fingerprint density at radius 1 is 1.07 bits per heavy atom. The fourth-order valence-electron chi connectivity index (χ4n) is 7.32. The number of hydrogen-bond acceptors (Lipinski definition) is 11. The second-order valence-electron chi connectivity index (χ2n) is 13.2. The van der Waals surface area contributed by atoms with E-state index >= 15 is 0 Å². The Morgan fingerprint density at radius 3 is 2.49 bits per heavy atom. The SMILES string of the molecule is COc1ccc2c3c1O[C@H]1C(OC(=O)[C@@H](OC(=O)C(C)OC(=O)OC(C)(C)C)c4ccccc4)=CC[C@@]4(O)[C@H](C2)N(C)CC[C@]314. The number of likely N-dealkylation sites (N-methyl/N-ethyl adjacent to an activating group) is 1. The molecule has 6 rings (SSSR count). The van der Waals surface area contributed by atoms with Gasteiger partial charge in [-0.1, -0.05) is 36.4 Å². The number of likely N-dealkylation sites (tertiary alicyclic amines) is 1. The van der Waals surface area contributed by atoms with E-state index in [1.807, 2.05) is 19.2 Å². The molecule has 1 fully saturated rings. The second kappa shape index (κ2) is 11.1. The fourth-order valence-corrected chi connectivity index (χ4v) is 7.32. The van der Waals surface area contributed by atoms with Gasteiger partial charge >= 0.3 is 18.1 Å². The quantitative estimate of drug-likeness (QED) is 0.354. The third-order valence-corrected chi connectivity index (χ3v) is 9.32. The molecule has 2 aromatic rings. The van der Waals surface area contributed by atoms with Crippen LogP contribution in [0.15, 0.2) is 54.3 Å². The van der Waals surface area contributed by atoms with Crippen molar-refractivity contribution in [2.24, 2.45) is 0 Å². The maximum Gasteiger partial charge on any atom is 0.509 e. The molecule has 1 saturated heterocycles. The number of methoxy groups -OCH3 is 1. The first-order chi connectivity index (χ1) is 21.3. The highest BCUT2D eigenvalue weighted by atomic mass is 16.7. The number of piperidine rings is 1. The average molecular weight is 622 g/mol. The molecule has 1 unspecified atom stereocenters. The van der Waals surface area contributed by atoms with Gasteiger partial charge in [0.05, 0.1) is 18.1 Å². The van der Waals surface area contributed by atoms with Gasteiger partial charge in [-0.15, -0.1) is 0 Å². The van der Waals surface area contributed by atoms with Gasteiger partial charge in [-0.2, -0.15) is 0 Å². The molecule has 0 radical (unpaired) electrons. The fraction of sp³-hybridized carbons (Fsp3) is 0.500. The minimum Gasteiger partial charge on any atom is -0.493 e. The van der Waals surface area contributed by atoms with Crippen LogP contribution in [0.1, 0.15) is 63.3 Å². The molecular formula is C34H39NO10. The summed E-state index contributed by atoms with van der Waals surface area (Å²) in [6, 6.07) is 12.2. The highest BCUT2D eigenvalue weighted by Crippen LogP contribution is 2.65. The minimum atomic E-state index is -1.48. The molecule has 2 aliphatic carbocycles. The summed E-state index contributed by atoms with van der Waals surface area (Å²) in [6.45, 7) is 7.05. The van der Waals surface area contributed by atoms with Gasteiger partial charge in [-0.3, -0.25) is 0 Å². The van der Waals surface area contributed by atoms with E-state index in [9.17, 15) is 19.5 Å². The van der Waals surface area contributed by atoms with Gasteiger partial charge in [0, 0.05) is 23.6 Å². The summed E-state index contributed by atoms with van der Waals surface area (Å²) in [5.74, 6) is -0.503. The van der Waals surface area contributed by atoms with Gasteiger partial charge in [0.1, 0.15) is 11.4 Å². The summed E-state index contributed by atoms with van der Waals surface area (Å²) in [4.78, 5) is 41.3. The van der Waals surface area contributed by atoms with Gasteiger partial charge in [0.25, 0.3) is 0 Å². The molecule has 0 saturated carbocycles.